The van der Waals surface area contributed by atoms with Gasteiger partial charge in [0.2, 0.25) is 5.91 Å². The Morgan fingerprint density at radius 1 is 1.05 bits per heavy atom. The highest BCUT2D eigenvalue weighted by Crippen LogP contribution is 2.17. The smallest absolute Gasteiger partial charge is 0.385 e. The van der Waals surface area contributed by atoms with Crippen LogP contribution in [0.5, 0.6) is 0 Å². The van der Waals surface area contributed by atoms with Crippen LogP contribution in [0.3, 0.4) is 0 Å². The SMILES string of the molecule is NCCCCC(=O)N[C@@H](CCCN)C(=O)OC(=O)C(F)(F)F. The number of halogens is 3. The minimum absolute atomic E-state index is 0.0247. The monoisotopic (exact) mass is 327 g/mol. The molecule has 0 saturated heterocycles. The van der Waals surface area contributed by atoms with Gasteiger partial charge in [0, 0.05) is 6.42 Å². The summed E-state index contributed by atoms with van der Waals surface area (Å²) in [5.41, 5.74) is 10.5. The van der Waals surface area contributed by atoms with Crippen LogP contribution in [0.4, 0.5) is 13.2 Å². The summed E-state index contributed by atoms with van der Waals surface area (Å²) < 4.78 is 39.9. The van der Waals surface area contributed by atoms with E-state index in [1.807, 2.05) is 0 Å². The molecule has 0 spiro atoms. The summed E-state index contributed by atoms with van der Waals surface area (Å²) in [5, 5.41) is 2.24. The molecule has 5 N–H and O–H groups in total. The zero-order chi connectivity index (χ0) is 17.2. The van der Waals surface area contributed by atoms with E-state index in [1.165, 1.54) is 0 Å². The lowest BCUT2D eigenvalue weighted by molar-refractivity contribution is -0.202. The van der Waals surface area contributed by atoms with Crippen molar-refractivity contribution in [3.63, 3.8) is 0 Å². The molecule has 10 heteroatoms. The Morgan fingerprint density at radius 3 is 2.14 bits per heavy atom. The number of hydrogen-bond donors (Lipinski definition) is 3. The Balaban J connectivity index is 4.58. The van der Waals surface area contributed by atoms with E-state index < -0.39 is 30.1 Å². The van der Waals surface area contributed by atoms with Crippen LogP contribution in [0.1, 0.15) is 32.1 Å². The minimum Gasteiger partial charge on any atom is -0.385 e. The van der Waals surface area contributed by atoms with Crippen LogP contribution in [0.2, 0.25) is 0 Å². The number of esters is 2. The maximum atomic E-state index is 12.0. The van der Waals surface area contributed by atoms with E-state index in [9.17, 15) is 27.6 Å². The van der Waals surface area contributed by atoms with Crippen molar-refractivity contribution >= 4 is 17.8 Å². The second-order valence-electron chi connectivity index (χ2n) is 4.50. The van der Waals surface area contributed by atoms with Gasteiger partial charge in [-0.25, -0.2) is 9.59 Å². The topological polar surface area (TPSA) is 125 Å². The summed E-state index contributed by atoms with van der Waals surface area (Å²) in [6, 6.07) is -1.35. The van der Waals surface area contributed by atoms with Gasteiger partial charge in [0.05, 0.1) is 0 Å². The Hall–Kier alpha value is -1.68. The molecule has 0 rings (SSSR count). The average Bonchev–Trinajstić information content (AvgIpc) is 2.42. The lowest BCUT2D eigenvalue weighted by atomic mass is 10.1. The first-order valence-electron chi connectivity index (χ1n) is 6.74. The molecule has 0 aromatic heterocycles. The van der Waals surface area contributed by atoms with Crippen molar-refractivity contribution in [1.29, 1.82) is 0 Å². The van der Waals surface area contributed by atoms with Crippen LogP contribution in [-0.4, -0.2) is 43.2 Å². The van der Waals surface area contributed by atoms with Crippen molar-refractivity contribution in [2.75, 3.05) is 13.1 Å². The van der Waals surface area contributed by atoms with Crippen LogP contribution < -0.4 is 16.8 Å². The molecule has 0 saturated carbocycles. The van der Waals surface area contributed by atoms with Crippen LogP contribution in [0, 0.1) is 0 Å². The van der Waals surface area contributed by atoms with E-state index >= 15 is 0 Å². The Kier molecular flexibility index (Phi) is 9.34. The van der Waals surface area contributed by atoms with Gasteiger partial charge in [-0.2, -0.15) is 13.2 Å². The van der Waals surface area contributed by atoms with Gasteiger partial charge in [0.1, 0.15) is 6.04 Å². The van der Waals surface area contributed by atoms with Crippen molar-refractivity contribution in [3.05, 3.63) is 0 Å². The third-order valence-corrected chi connectivity index (χ3v) is 2.60. The van der Waals surface area contributed by atoms with Gasteiger partial charge in [-0.1, -0.05) is 0 Å². The third kappa shape index (κ3) is 8.57. The predicted molar refractivity (Wildman–Crippen MR) is 70.3 cm³/mol. The van der Waals surface area contributed by atoms with Crippen molar-refractivity contribution < 1.29 is 32.3 Å². The van der Waals surface area contributed by atoms with Crippen molar-refractivity contribution in [2.24, 2.45) is 11.5 Å². The van der Waals surface area contributed by atoms with E-state index in [1.54, 1.807) is 0 Å². The van der Waals surface area contributed by atoms with E-state index in [-0.39, 0.29) is 25.8 Å². The van der Waals surface area contributed by atoms with Gasteiger partial charge < -0.3 is 21.5 Å². The number of alkyl halides is 3. The molecule has 0 radical (unpaired) electrons. The molecule has 128 valence electrons. The maximum Gasteiger partial charge on any atom is 0.491 e. The number of carbonyl (C=O) groups excluding carboxylic acids is 3. The molecule has 0 heterocycles. The first kappa shape index (κ1) is 20.3. The van der Waals surface area contributed by atoms with Gasteiger partial charge in [-0.05, 0) is 38.8 Å². The molecule has 1 atom stereocenters. The second kappa shape index (κ2) is 10.1. The standard InChI is InChI=1S/C12H20F3N3O4/c13-12(14,15)11(21)22-10(20)8(4-3-7-17)18-9(19)5-1-2-6-16/h8H,1-7,16-17H2,(H,18,19)/t8-/m0/s1. The molecule has 0 unspecified atom stereocenters. The molecular weight excluding hydrogens is 307 g/mol. The number of ether oxygens (including phenoxy) is 1. The second-order valence-corrected chi connectivity index (χ2v) is 4.50. The van der Waals surface area contributed by atoms with E-state index in [0.29, 0.717) is 19.4 Å². The lowest BCUT2D eigenvalue weighted by Crippen LogP contribution is -2.44. The molecule has 0 aliphatic carbocycles. The normalized spacial score (nSPS) is 12.6. The molecule has 7 nitrogen and oxygen atoms in total. The van der Waals surface area contributed by atoms with Gasteiger partial charge in [0.25, 0.3) is 0 Å². The van der Waals surface area contributed by atoms with Crippen molar-refractivity contribution in [2.45, 2.75) is 44.3 Å². The number of unbranched alkanes of at least 4 members (excludes halogenated alkanes) is 1. The highest BCUT2D eigenvalue weighted by molar-refractivity contribution is 5.92. The Morgan fingerprint density at radius 2 is 1.64 bits per heavy atom. The van der Waals surface area contributed by atoms with E-state index in [0.717, 1.165) is 0 Å². The highest BCUT2D eigenvalue weighted by atomic mass is 19.4. The molecule has 0 bridgehead atoms. The molecular formula is C12H20F3N3O4. The number of carbonyl (C=O) groups is 3. The summed E-state index contributed by atoms with van der Waals surface area (Å²) in [7, 11) is 0. The number of amides is 1. The number of hydrogen-bond acceptors (Lipinski definition) is 6. The Labute approximate surface area is 125 Å². The van der Waals surface area contributed by atoms with Gasteiger partial charge in [-0.15, -0.1) is 0 Å². The minimum atomic E-state index is -5.28. The zero-order valence-corrected chi connectivity index (χ0v) is 11.9. The summed E-state index contributed by atoms with van der Waals surface area (Å²) >= 11 is 0. The maximum absolute atomic E-state index is 12.0. The summed E-state index contributed by atoms with van der Waals surface area (Å²) in [5.74, 6) is -4.61. The fraction of sp³-hybridized carbons (Fsp3) is 0.750. The quantitative estimate of drug-likeness (QED) is 0.310. The van der Waals surface area contributed by atoms with Crippen LogP contribution >= 0.6 is 0 Å². The van der Waals surface area contributed by atoms with Gasteiger partial charge in [-0.3, -0.25) is 4.79 Å². The summed E-state index contributed by atoms with van der Waals surface area (Å²) in [6.07, 6.45) is -3.90. The van der Waals surface area contributed by atoms with E-state index in [2.05, 4.69) is 10.1 Å². The van der Waals surface area contributed by atoms with Crippen LogP contribution in [0.15, 0.2) is 0 Å². The zero-order valence-electron chi connectivity index (χ0n) is 11.9. The molecule has 0 aromatic carbocycles. The average molecular weight is 327 g/mol. The van der Waals surface area contributed by atoms with Gasteiger partial charge >= 0.3 is 18.1 Å². The Bertz CT molecular complexity index is 388. The molecule has 0 aliphatic rings. The molecule has 22 heavy (non-hydrogen) atoms. The van der Waals surface area contributed by atoms with E-state index in [4.69, 9.17) is 11.5 Å². The fourth-order valence-corrected chi connectivity index (χ4v) is 1.49. The first-order valence-corrected chi connectivity index (χ1v) is 6.74. The van der Waals surface area contributed by atoms with Crippen molar-refractivity contribution in [1.82, 2.24) is 5.32 Å². The number of rotatable bonds is 9. The fourth-order valence-electron chi connectivity index (χ4n) is 1.49. The molecule has 0 aromatic rings. The number of nitrogens with one attached hydrogen (secondary N) is 1. The predicted octanol–water partition coefficient (Wildman–Crippen LogP) is -0.0288. The summed E-state index contributed by atoms with van der Waals surface area (Å²) in [4.78, 5) is 33.8. The molecule has 0 aliphatic heterocycles. The van der Waals surface area contributed by atoms with Crippen LogP contribution in [0.25, 0.3) is 0 Å². The first-order chi connectivity index (χ1) is 10.2. The summed E-state index contributed by atoms with van der Waals surface area (Å²) in [6.45, 7) is 0.562. The number of nitrogens with two attached hydrogens (primary N) is 2. The molecule has 1 amide bonds. The lowest BCUT2D eigenvalue weighted by Gasteiger charge is -2.17. The van der Waals surface area contributed by atoms with Crippen molar-refractivity contribution in [3.8, 4) is 0 Å². The molecule has 0 fully saturated rings. The largest absolute Gasteiger partial charge is 0.491 e. The van der Waals surface area contributed by atoms with Gasteiger partial charge in [0.15, 0.2) is 0 Å². The third-order valence-electron chi connectivity index (χ3n) is 2.60. The van der Waals surface area contributed by atoms with Crippen LogP contribution in [-0.2, 0) is 19.1 Å². The highest BCUT2D eigenvalue weighted by Gasteiger charge is 2.43.